The Kier molecular flexibility index (Phi) is 2.47. The van der Waals surface area contributed by atoms with E-state index in [2.05, 4.69) is 9.97 Å². The molecule has 0 bridgehead atoms. The summed E-state index contributed by atoms with van der Waals surface area (Å²) in [7, 11) is 5.46. The minimum Gasteiger partial charge on any atom is -0.481 e. The first-order valence-electron chi connectivity index (χ1n) is 3.70. The fourth-order valence-electron chi connectivity index (χ4n) is 0.859. The van der Waals surface area contributed by atoms with Gasteiger partial charge in [-0.05, 0) is 6.92 Å². The van der Waals surface area contributed by atoms with Gasteiger partial charge in [0.15, 0.2) is 0 Å². The van der Waals surface area contributed by atoms with Crippen LogP contribution in [-0.2, 0) is 0 Å². The molecular weight excluding hydrogens is 154 g/mol. The Hall–Kier alpha value is -1.32. The van der Waals surface area contributed by atoms with Crippen molar-refractivity contribution < 1.29 is 4.74 Å². The molecule has 1 rings (SSSR count). The maximum absolute atomic E-state index is 5.01. The molecule has 4 heteroatoms. The molecular formula is C8H13N3O. The lowest BCUT2D eigenvalue weighted by molar-refractivity contribution is 0.395. The summed E-state index contributed by atoms with van der Waals surface area (Å²) in [6, 6.07) is 1.80. The number of aryl methyl sites for hydroxylation is 1. The van der Waals surface area contributed by atoms with Crippen LogP contribution in [0.1, 0.15) is 5.82 Å². The first-order valence-corrected chi connectivity index (χ1v) is 3.70. The maximum Gasteiger partial charge on any atom is 0.218 e. The summed E-state index contributed by atoms with van der Waals surface area (Å²) < 4.78 is 5.01. The van der Waals surface area contributed by atoms with Crippen molar-refractivity contribution in [3.05, 3.63) is 11.9 Å². The highest BCUT2D eigenvalue weighted by Gasteiger charge is 2.02. The molecule has 1 aromatic rings. The molecule has 0 amide bonds. The second-order valence-corrected chi connectivity index (χ2v) is 2.71. The number of hydrogen-bond donors (Lipinski definition) is 0. The highest BCUT2D eigenvalue weighted by atomic mass is 16.5. The van der Waals surface area contributed by atoms with Crippen LogP contribution in [0.2, 0.25) is 0 Å². The van der Waals surface area contributed by atoms with Crippen LogP contribution in [0, 0.1) is 6.92 Å². The maximum atomic E-state index is 5.01. The summed E-state index contributed by atoms with van der Waals surface area (Å²) in [5.41, 5.74) is 0. The SMILES string of the molecule is COc1cc(N(C)C)nc(C)n1. The van der Waals surface area contributed by atoms with Gasteiger partial charge in [0.1, 0.15) is 11.6 Å². The fraction of sp³-hybridized carbons (Fsp3) is 0.500. The monoisotopic (exact) mass is 167 g/mol. The zero-order chi connectivity index (χ0) is 9.14. The zero-order valence-corrected chi connectivity index (χ0v) is 7.83. The van der Waals surface area contributed by atoms with E-state index in [1.54, 1.807) is 13.2 Å². The van der Waals surface area contributed by atoms with E-state index in [1.807, 2.05) is 25.9 Å². The topological polar surface area (TPSA) is 38.2 Å². The van der Waals surface area contributed by atoms with Crippen LogP contribution in [0.25, 0.3) is 0 Å². The predicted octanol–water partition coefficient (Wildman–Crippen LogP) is 0.860. The lowest BCUT2D eigenvalue weighted by Gasteiger charge is -2.12. The van der Waals surface area contributed by atoms with Crippen molar-refractivity contribution in [1.82, 2.24) is 9.97 Å². The van der Waals surface area contributed by atoms with Gasteiger partial charge in [-0.1, -0.05) is 0 Å². The van der Waals surface area contributed by atoms with Gasteiger partial charge in [0.2, 0.25) is 5.88 Å². The molecule has 0 aliphatic carbocycles. The van der Waals surface area contributed by atoms with Crippen molar-refractivity contribution in [1.29, 1.82) is 0 Å². The van der Waals surface area contributed by atoms with E-state index in [0.717, 1.165) is 11.6 Å². The van der Waals surface area contributed by atoms with Crippen LogP contribution in [0.5, 0.6) is 5.88 Å². The summed E-state index contributed by atoms with van der Waals surface area (Å²) in [5, 5.41) is 0. The predicted molar refractivity (Wildman–Crippen MR) is 47.6 cm³/mol. The largest absolute Gasteiger partial charge is 0.481 e. The van der Waals surface area contributed by atoms with Gasteiger partial charge in [-0.15, -0.1) is 0 Å². The third-order valence-corrected chi connectivity index (χ3v) is 1.47. The molecule has 0 aliphatic rings. The van der Waals surface area contributed by atoms with Crippen LogP contribution in [0.4, 0.5) is 5.82 Å². The molecule has 0 N–H and O–H groups in total. The average Bonchev–Trinajstić information content (AvgIpc) is 2.03. The van der Waals surface area contributed by atoms with E-state index >= 15 is 0 Å². The molecule has 1 heterocycles. The summed E-state index contributed by atoms with van der Waals surface area (Å²) in [6.45, 7) is 1.84. The van der Waals surface area contributed by atoms with Gasteiger partial charge in [-0.25, -0.2) is 4.98 Å². The van der Waals surface area contributed by atoms with E-state index in [-0.39, 0.29) is 0 Å². The van der Waals surface area contributed by atoms with Gasteiger partial charge in [0.25, 0.3) is 0 Å². The minimum absolute atomic E-state index is 0.603. The second-order valence-electron chi connectivity index (χ2n) is 2.71. The fourth-order valence-corrected chi connectivity index (χ4v) is 0.859. The summed E-state index contributed by atoms with van der Waals surface area (Å²) in [4.78, 5) is 10.2. The second kappa shape index (κ2) is 3.38. The van der Waals surface area contributed by atoms with Crippen LogP contribution < -0.4 is 9.64 Å². The Bertz CT molecular complexity index is 273. The molecule has 0 aliphatic heterocycles. The number of anilines is 1. The quantitative estimate of drug-likeness (QED) is 0.654. The molecule has 0 spiro atoms. The van der Waals surface area contributed by atoms with Crippen LogP contribution in [-0.4, -0.2) is 31.2 Å². The van der Waals surface area contributed by atoms with E-state index < -0.39 is 0 Å². The van der Waals surface area contributed by atoms with E-state index in [4.69, 9.17) is 4.74 Å². The molecule has 0 unspecified atom stereocenters. The Morgan fingerprint density at radius 2 is 2.00 bits per heavy atom. The third kappa shape index (κ3) is 1.84. The van der Waals surface area contributed by atoms with Crippen LogP contribution in [0.3, 0.4) is 0 Å². The Labute approximate surface area is 72.2 Å². The Balaban J connectivity index is 3.06. The lowest BCUT2D eigenvalue weighted by Crippen LogP contribution is -2.11. The van der Waals surface area contributed by atoms with Crippen molar-refractivity contribution in [3.63, 3.8) is 0 Å². The number of hydrogen-bond acceptors (Lipinski definition) is 4. The van der Waals surface area contributed by atoms with E-state index in [1.165, 1.54) is 0 Å². The number of aromatic nitrogens is 2. The van der Waals surface area contributed by atoms with E-state index in [9.17, 15) is 0 Å². The highest BCUT2D eigenvalue weighted by molar-refractivity contribution is 5.39. The van der Waals surface area contributed by atoms with Gasteiger partial charge in [0.05, 0.1) is 7.11 Å². The molecule has 0 radical (unpaired) electrons. The van der Waals surface area contributed by atoms with Crippen molar-refractivity contribution in [2.75, 3.05) is 26.1 Å². The standard InChI is InChI=1S/C8H13N3O/c1-6-9-7(11(2)3)5-8(10-6)12-4/h5H,1-4H3. The first-order chi connectivity index (χ1) is 5.63. The minimum atomic E-state index is 0.603. The van der Waals surface area contributed by atoms with Crippen molar-refractivity contribution in [3.8, 4) is 5.88 Å². The summed E-state index contributed by atoms with van der Waals surface area (Å²) >= 11 is 0. The van der Waals surface area contributed by atoms with Gasteiger partial charge in [0, 0.05) is 20.2 Å². The lowest BCUT2D eigenvalue weighted by atomic mass is 10.5. The average molecular weight is 167 g/mol. The molecule has 0 saturated carbocycles. The normalized spacial score (nSPS) is 9.67. The first kappa shape index (κ1) is 8.77. The number of methoxy groups -OCH3 is 1. The molecule has 0 fully saturated rings. The van der Waals surface area contributed by atoms with Gasteiger partial charge in [-0.3, -0.25) is 0 Å². The van der Waals surface area contributed by atoms with Gasteiger partial charge >= 0.3 is 0 Å². The molecule has 0 aromatic carbocycles. The number of ether oxygens (including phenoxy) is 1. The molecule has 66 valence electrons. The van der Waals surface area contributed by atoms with Crippen molar-refractivity contribution >= 4 is 5.82 Å². The van der Waals surface area contributed by atoms with Crippen LogP contribution in [0.15, 0.2) is 6.07 Å². The Morgan fingerprint density at radius 1 is 1.33 bits per heavy atom. The third-order valence-electron chi connectivity index (χ3n) is 1.47. The molecule has 0 saturated heterocycles. The summed E-state index contributed by atoms with van der Waals surface area (Å²) in [6.07, 6.45) is 0. The highest BCUT2D eigenvalue weighted by Crippen LogP contribution is 2.14. The van der Waals surface area contributed by atoms with Gasteiger partial charge in [-0.2, -0.15) is 4.98 Å². The van der Waals surface area contributed by atoms with Crippen molar-refractivity contribution in [2.24, 2.45) is 0 Å². The number of rotatable bonds is 2. The summed E-state index contributed by atoms with van der Waals surface area (Å²) in [5.74, 6) is 2.18. The Morgan fingerprint density at radius 3 is 2.50 bits per heavy atom. The molecule has 1 aromatic heterocycles. The molecule has 0 atom stereocenters. The van der Waals surface area contributed by atoms with E-state index in [0.29, 0.717) is 5.88 Å². The zero-order valence-electron chi connectivity index (χ0n) is 7.83. The number of nitrogens with zero attached hydrogens (tertiary/aromatic N) is 3. The van der Waals surface area contributed by atoms with Crippen LogP contribution >= 0.6 is 0 Å². The smallest absolute Gasteiger partial charge is 0.218 e. The molecule has 4 nitrogen and oxygen atoms in total. The van der Waals surface area contributed by atoms with Crippen molar-refractivity contribution in [2.45, 2.75) is 6.92 Å². The molecule has 12 heavy (non-hydrogen) atoms. The van der Waals surface area contributed by atoms with Gasteiger partial charge < -0.3 is 9.64 Å².